The smallest absolute Gasteiger partial charge is 0.303 e. The van der Waals surface area contributed by atoms with Gasteiger partial charge in [0, 0.05) is 12.6 Å². The van der Waals surface area contributed by atoms with Crippen LogP contribution in [0, 0.1) is 0 Å². The number of carbonyl (C=O) groups is 1. The Kier molecular flexibility index (Phi) is 3.10. The fourth-order valence-electron chi connectivity index (χ4n) is 1.70. The van der Waals surface area contributed by atoms with Crippen molar-refractivity contribution in [3.63, 3.8) is 0 Å². The van der Waals surface area contributed by atoms with Gasteiger partial charge >= 0.3 is 5.97 Å². The Morgan fingerprint density at radius 3 is 2.94 bits per heavy atom. The van der Waals surface area contributed by atoms with Crippen LogP contribution in [0.3, 0.4) is 0 Å². The monoisotopic (exact) mass is 256 g/mol. The highest BCUT2D eigenvalue weighted by atomic mass is 32.2. The normalized spacial score (nSPS) is 17.4. The van der Waals surface area contributed by atoms with Crippen molar-refractivity contribution >= 4 is 15.8 Å². The molecule has 0 saturated carbocycles. The van der Waals surface area contributed by atoms with Crippen LogP contribution >= 0.6 is 0 Å². The van der Waals surface area contributed by atoms with Crippen LogP contribution in [0.1, 0.15) is 23.5 Å². The van der Waals surface area contributed by atoms with E-state index in [0.29, 0.717) is 17.9 Å². The molecule has 1 aliphatic heterocycles. The van der Waals surface area contributed by atoms with Crippen LogP contribution in [0.4, 0.5) is 0 Å². The van der Waals surface area contributed by atoms with Crippen LogP contribution in [0.5, 0.6) is 0 Å². The summed E-state index contributed by atoms with van der Waals surface area (Å²) in [5, 5.41) is 8.54. The van der Waals surface area contributed by atoms with Gasteiger partial charge in [0.1, 0.15) is 5.82 Å². The first kappa shape index (κ1) is 12.0. The fraction of sp³-hybridized carbons (Fsp3) is 0.500. The number of aliphatic carboxylic acids is 1. The Bertz CT molecular complexity index is 553. The van der Waals surface area contributed by atoms with Crippen LogP contribution in [-0.2, 0) is 33.2 Å². The molecule has 0 radical (unpaired) electrons. The van der Waals surface area contributed by atoms with E-state index in [0.717, 1.165) is 5.56 Å². The number of nitrogens with zero attached hydrogens (tertiary/aromatic N) is 2. The minimum absolute atomic E-state index is 0.0501. The third kappa shape index (κ3) is 3.00. The zero-order chi connectivity index (χ0) is 12.5. The number of hydrogen-bond acceptors (Lipinski definition) is 5. The van der Waals surface area contributed by atoms with Gasteiger partial charge in [-0.05, 0) is 12.0 Å². The number of sulfone groups is 1. The number of carboxylic acids is 1. The molecule has 0 aliphatic carbocycles. The van der Waals surface area contributed by atoms with Gasteiger partial charge in [-0.2, -0.15) is 0 Å². The molecule has 17 heavy (non-hydrogen) atoms. The van der Waals surface area contributed by atoms with E-state index in [4.69, 9.17) is 5.11 Å². The highest BCUT2D eigenvalue weighted by molar-refractivity contribution is 7.90. The van der Waals surface area contributed by atoms with Crippen molar-refractivity contribution in [2.45, 2.75) is 25.0 Å². The third-order valence-electron chi connectivity index (χ3n) is 2.61. The summed E-state index contributed by atoms with van der Waals surface area (Å²) in [7, 11) is -3.05. The Balaban J connectivity index is 2.21. The largest absolute Gasteiger partial charge is 0.481 e. The van der Waals surface area contributed by atoms with E-state index in [9.17, 15) is 13.2 Å². The zero-order valence-corrected chi connectivity index (χ0v) is 9.90. The second-order valence-electron chi connectivity index (χ2n) is 3.99. The van der Waals surface area contributed by atoms with E-state index in [-0.39, 0.29) is 24.3 Å². The van der Waals surface area contributed by atoms with Crippen molar-refractivity contribution in [2.75, 3.05) is 5.75 Å². The molecule has 0 spiro atoms. The average Bonchev–Trinajstić information content (AvgIpc) is 2.24. The summed E-state index contributed by atoms with van der Waals surface area (Å²) in [5.41, 5.74) is 1.37. The SMILES string of the molecule is O=C(O)CCc1ncc2c(n1)CS(=O)(=O)CC2. The molecule has 0 bridgehead atoms. The van der Waals surface area contributed by atoms with Crippen molar-refractivity contribution in [3.05, 3.63) is 23.3 Å². The standard InChI is InChI=1S/C10H12N2O4S/c13-10(14)2-1-9-11-5-7-3-4-17(15,16)6-8(7)12-9/h5H,1-4,6H2,(H,13,14). The number of rotatable bonds is 3. The van der Waals surface area contributed by atoms with E-state index in [1.807, 2.05) is 0 Å². The number of hydrogen-bond donors (Lipinski definition) is 1. The van der Waals surface area contributed by atoms with Crippen LogP contribution < -0.4 is 0 Å². The number of aromatic nitrogens is 2. The number of fused-ring (bicyclic) bond motifs is 1. The third-order valence-corrected chi connectivity index (χ3v) is 4.14. The van der Waals surface area contributed by atoms with Crippen LogP contribution in [0.25, 0.3) is 0 Å². The summed E-state index contributed by atoms with van der Waals surface area (Å²) in [6.45, 7) is 0. The molecule has 6 nitrogen and oxygen atoms in total. The topological polar surface area (TPSA) is 97.2 Å². The first-order chi connectivity index (χ1) is 7.96. The number of carboxylic acid groups (broad SMARTS) is 1. The average molecular weight is 256 g/mol. The lowest BCUT2D eigenvalue weighted by atomic mass is 10.2. The Morgan fingerprint density at radius 2 is 2.24 bits per heavy atom. The van der Waals surface area contributed by atoms with Gasteiger partial charge in [-0.25, -0.2) is 18.4 Å². The summed E-state index contributed by atoms with van der Waals surface area (Å²) >= 11 is 0. The van der Waals surface area contributed by atoms with E-state index >= 15 is 0 Å². The van der Waals surface area contributed by atoms with Crippen molar-refractivity contribution < 1.29 is 18.3 Å². The molecule has 0 fully saturated rings. The van der Waals surface area contributed by atoms with Gasteiger partial charge in [0.15, 0.2) is 9.84 Å². The molecular weight excluding hydrogens is 244 g/mol. The summed E-state index contributed by atoms with van der Waals surface area (Å²) in [6, 6.07) is 0. The molecule has 0 saturated heterocycles. The maximum absolute atomic E-state index is 11.4. The summed E-state index contributed by atoms with van der Waals surface area (Å²) in [5.74, 6) is -0.454. The minimum Gasteiger partial charge on any atom is -0.481 e. The molecule has 2 heterocycles. The van der Waals surface area contributed by atoms with Gasteiger partial charge in [-0.1, -0.05) is 0 Å². The van der Waals surface area contributed by atoms with Crippen molar-refractivity contribution in [2.24, 2.45) is 0 Å². The molecule has 0 unspecified atom stereocenters. The summed E-state index contributed by atoms with van der Waals surface area (Å²) in [6.07, 6.45) is 2.22. The predicted molar refractivity (Wildman–Crippen MR) is 59.2 cm³/mol. The van der Waals surface area contributed by atoms with Crippen molar-refractivity contribution in [3.8, 4) is 0 Å². The van der Waals surface area contributed by atoms with E-state index in [1.54, 1.807) is 6.20 Å². The lowest BCUT2D eigenvalue weighted by Gasteiger charge is -2.15. The molecule has 0 aromatic carbocycles. The highest BCUT2D eigenvalue weighted by Crippen LogP contribution is 2.18. The summed E-state index contributed by atoms with van der Waals surface area (Å²) in [4.78, 5) is 18.6. The molecule has 1 N–H and O–H groups in total. The van der Waals surface area contributed by atoms with Gasteiger partial charge in [0.25, 0.3) is 0 Å². The second-order valence-corrected chi connectivity index (χ2v) is 6.18. The quantitative estimate of drug-likeness (QED) is 0.815. The first-order valence-electron chi connectivity index (χ1n) is 5.22. The Morgan fingerprint density at radius 1 is 1.47 bits per heavy atom. The zero-order valence-electron chi connectivity index (χ0n) is 9.09. The van der Waals surface area contributed by atoms with Crippen molar-refractivity contribution in [1.82, 2.24) is 9.97 Å². The van der Waals surface area contributed by atoms with E-state index in [2.05, 4.69) is 9.97 Å². The lowest BCUT2D eigenvalue weighted by molar-refractivity contribution is -0.137. The first-order valence-corrected chi connectivity index (χ1v) is 7.04. The summed E-state index contributed by atoms with van der Waals surface area (Å²) < 4.78 is 22.9. The molecular formula is C10H12N2O4S. The van der Waals surface area contributed by atoms with Gasteiger partial charge in [0.05, 0.1) is 23.6 Å². The molecule has 0 atom stereocenters. The van der Waals surface area contributed by atoms with Gasteiger partial charge in [0.2, 0.25) is 0 Å². The molecule has 0 amide bonds. The van der Waals surface area contributed by atoms with E-state index < -0.39 is 15.8 Å². The molecule has 92 valence electrons. The van der Waals surface area contributed by atoms with Crippen molar-refractivity contribution in [1.29, 1.82) is 0 Å². The number of aryl methyl sites for hydroxylation is 2. The molecule has 2 rings (SSSR count). The predicted octanol–water partition coefficient (Wildman–Crippen LogP) is -0.0353. The molecule has 1 aliphatic rings. The molecule has 1 aromatic heterocycles. The highest BCUT2D eigenvalue weighted by Gasteiger charge is 2.23. The minimum atomic E-state index is -3.05. The van der Waals surface area contributed by atoms with Crippen LogP contribution in [0.15, 0.2) is 6.20 Å². The molecule has 7 heteroatoms. The Hall–Kier alpha value is -1.50. The fourth-order valence-corrected chi connectivity index (χ4v) is 3.04. The second kappa shape index (κ2) is 4.40. The van der Waals surface area contributed by atoms with Gasteiger partial charge in [-0.15, -0.1) is 0 Å². The van der Waals surface area contributed by atoms with E-state index in [1.165, 1.54) is 0 Å². The van der Waals surface area contributed by atoms with Gasteiger partial charge in [-0.3, -0.25) is 4.79 Å². The van der Waals surface area contributed by atoms with Crippen LogP contribution in [0.2, 0.25) is 0 Å². The van der Waals surface area contributed by atoms with Crippen LogP contribution in [-0.4, -0.2) is 35.2 Å². The molecule has 1 aromatic rings. The maximum atomic E-state index is 11.4. The maximum Gasteiger partial charge on any atom is 0.303 e. The Labute approximate surface area is 98.6 Å². The lowest BCUT2D eigenvalue weighted by Crippen LogP contribution is -2.21. The van der Waals surface area contributed by atoms with Gasteiger partial charge < -0.3 is 5.11 Å².